The van der Waals surface area contributed by atoms with E-state index in [1.165, 1.54) is 29.5 Å². The second-order valence-corrected chi connectivity index (χ2v) is 5.97. The van der Waals surface area contributed by atoms with Crippen molar-refractivity contribution in [1.82, 2.24) is 4.98 Å². The molecular weight excluding hydrogens is 319 g/mol. The van der Waals surface area contributed by atoms with E-state index in [4.69, 9.17) is 0 Å². The van der Waals surface area contributed by atoms with E-state index in [-0.39, 0.29) is 10.7 Å². The Bertz CT molecular complexity index is 819. The highest BCUT2D eigenvalue weighted by atomic mass is 32.1. The van der Waals surface area contributed by atoms with Crippen LogP contribution < -0.4 is 5.32 Å². The van der Waals surface area contributed by atoms with Crippen LogP contribution >= 0.6 is 11.3 Å². The second-order valence-electron chi connectivity index (χ2n) is 4.91. The maximum atomic E-state index is 13.1. The Kier molecular flexibility index (Phi) is 4.33. The van der Waals surface area contributed by atoms with Gasteiger partial charge in [-0.2, -0.15) is 0 Å². The summed E-state index contributed by atoms with van der Waals surface area (Å²) in [6.45, 7) is 0. The van der Waals surface area contributed by atoms with E-state index >= 15 is 0 Å². The maximum absolute atomic E-state index is 13.1. The van der Waals surface area contributed by atoms with Crippen LogP contribution in [0, 0.1) is 5.82 Å². The van der Waals surface area contributed by atoms with Crippen LogP contribution in [-0.4, -0.2) is 27.2 Å². The molecule has 0 spiro atoms. The third kappa shape index (κ3) is 3.37. The zero-order valence-corrected chi connectivity index (χ0v) is 12.6. The molecule has 1 heterocycles. The van der Waals surface area contributed by atoms with E-state index < -0.39 is 23.9 Å². The average molecular weight is 332 g/mol. The van der Waals surface area contributed by atoms with Crippen LogP contribution in [0.3, 0.4) is 0 Å². The molecule has 1 amide bonds. The number of nitrogens with one attached hydrogen (secondary N) is 1. The number of thiazole rings is 1. The van der Waals surface area contributed by atoms with E-state index in [9.17, 15) is 19.4 Å². The summed E-state index contributed by atoms with van der Waals surface area (Å²) in [5, 5.41) is 22.8. The van der Waals surface area contributed by atoms with E-state index in [1.54, 1.807) is 6.07 Å². The Morgan fingerprint density at radius 3 is 2.70 bits per heavy atom. The Balaban J connectivity index is 1.75. The molecular formula is C16H13FN2O3S. The quantitative estimate of drug-likeness (QED) is 0.685. The zero-order chi connectivity index (χ0) is 16.4. The molecule has 23 heavy (non-hydrogen) atoms. The van der Waals surface area contributed by atoms with Crippen LogP contribution in [0.1, 0.15) is 11.1 Å². The number of benzene rings is 2. The number of fused-ring (bicyclic) bond motifs is 1. The molecule has 0 aliphatic heterocycles. The molecule has 0 bridgehead atoms. The number of aromatic nitrogens is 1. The summed E-state index contributed by atoms with van der Waals surface area (Å²) in [6, 6.07) is 12.5. The van der Waals surface area contributed by atoms with Crippen molar-refractivity contribution in [3.63, 3.8) is 0 Å². The average Bonchev–Trinajstić information content (AvgIpc) is 2.97. The molecule has 3 aromatic rings. The SMILES string of the molecule is O=C(Nc1cccc(F)c1)C(O)C(O)c1nc2ccccc2s1. The summed E-state index contributed by atoms with van der Waals surface area (Å²) < 4.78 is 13.9. The lowest BCUT2D eigenvalue weighted by Crippen LogP contribution is -2.33. The molecule has 0 saturated heterocycles. The third-order valence-corrected chi connectivity index (χ3v) is 4.33. The summed E-state index contributed by atoms with van der Waals surface area (Å²) in [4.78, 5) is 16.2. The molecule has 2 aromatic carbocycles. The summed E-state index contributed by atoms with van der Waals surface area (Å²) in [5.41, 5.74) is 0.884. The molecule has 1 aromatic heterocycles. The number of aliphatic hydroxyl groups is 2. The van der Waals surface area contributed by atoms with Gasteiger partial charge in [0, 0.05) is 5.69 Å². The largest absolute Gasteiger partial charge is 0.383 e. The molecule has 0 fully saturated rings. The minimum Gasteiger partial charge on any atom is -0.383 e. The van der Waals surface area contributed by atoms with Crippen molar-refractivity contribution in [2.24, 2.45) is 0 Å². The van der Waals surface area contributed by atoms with E-state index in [1.807, 2.05) is 18.2 Å². The molecule has 5 nitrogen and oxygen atoms in total. The van der Waals surface area contributed by atoms with Gasteiger partial charge >= 0.3 is 0 Å². The van der Waals surface area contributed by atoms with Crippen molar-refractivity contribution >= 4 is 33.1 Å². The first-order valence-electron chi connectivity index (χ1n) is 6.82. The molecule has 3 N–H and O–H groups in total. The first-order chi connectivity index (χ1) is 11.0. The van der Waals surface area contributed by atoms with Gasteiger partial charge < -0.3 is 15.5 Å². The first-order valence-corrected chi connectivity index (χ1v) is 7.64. The van der Waals surface area contributed by atoms with Gasteiger partial charge in [0.2, 0.25) is 0 Å². The lowest BCUT2D eigenvalue weighted by Gasteiger charge is -2.15. The highest BCUT2D eigenvalue weighted by Gasteiger charge is 2.28. The lowest BCUT2D eigenvalue weighted by atomic mass is 10.2. The Hall–Kier alpha value is -2.35. The molecule has 0 aliphatic carbocycles. The molecule has 2 atom stereocenters. The topological polar surface area (TPSA) is 82.5 Å². The number of hydrogen-bond acceptors (Lipinski definition) is 5. The Morgan fingerprint density at radius 2 is 1.96 bits per heavy atom. The summed E-state index contributed by atoms with van der Waals surface area (Å²) in [5.74, 6) is -1.34. The van der Waals surface area contributed by atoms with Crippen molar-refractivity contribution in [3.8, 4) is 0 Å². The first kappa shape index (κ1) is 15.5. The van der Waals surface area contributed by atoms with Gasteiger partial charge in [0.1, 0.15) is 16.9 Å². The minimum atomic E-state index is -1.71. The van der Waals surface area contributed by atoms with Crippen molar-refractivity contribution in [1.29, 1.82) is 0 Å². The van der Waals surface area contributed by atoms with Gasteiger partial charge in [-0.15, -0.1) is 11.3 Å². The molecule has 3 rings (SSSR count). The number of para-hydroxylation sites is 1. The fourth-order valence-electron chi connectivity index (χ4n) is 2.08. The van der Waals surface area contributed by atoms with Crippen molar-refractivity contribution in [2.75, 3.05) is 5.32 Å². The fourth-order valence-corrected chi connectivity index (χ4v) is 3.06. The number of nitrogens with zero attached hydrogens (tertiary/aromatic N) is 1. The maximum Gasteiger partial charge on any atom is 0.256 e. The molecule has 0 radical (unpaired) electrons. The third-order valence-electron chi connectivity index (χ3n) is 3.22. The number of hydrogen-bond donors (Lipinski definition) is 3. The standard InChI is InChI=1S/C16H13FN2O3S/c17-9-4-3-5-10(8-9)18-15(22)13(20)14(21)16-19-11-6-1-2-7-12(11)23-16/h1-8,13-14,20-21H,(H,18,22). The highest BCUT2D eigenvalue weighted by molar-refractivity contribution is 7.18. The van der Waals surface area contributed by atoms with Crippen LogP contribution in [-0.2, 0) is 4.79 Å². The number of carbonyl (C=O) groups excluding carboxylic acids is 1. The lowest BCUT2D eigenvalue weighted by molar-refractivity contribution is -0.129. The predicted molar refractivity (Wildman–Crippen MR) is 85.6 cm³/mol. The monoisotopic (exact) mass is 332 g/mol. The number of aliphatic hydroxyl groups excluding tert-OH is 2. The normalized spacial score (nSPS) is 13.7. The zero-order valence-electron chi connectivity index (χ0n) is 11.8. The molecule has 0 saturated carbocycles. The highest BCUT2D eigenvalue weighted by Crippen LogP contribution is 2.28. The predicted octanol–water partition coefficient (Wildman–Crippen LogP) is 2.47. The van der Waals surface area contributed by atoms with Crippen molar-refractivity contribution in [3.05, 3.63) is 59.4 Å². The van der Waals surface area contributed by atoms with Gasteiger partial charge in [-0.25, -0.2) is 9.37 Å². The summed E-state index contributed by atoms with van der Waals surface area (Å²) >= 11 is 1.20. The number of halogens is 1. The number of amides is 1. The smallest absolute Gasteiger partial charge is 0.256 e. The summed E-state index contributed by atoms with van der Waals surface area (Å²) in [7, 11) is 0. The van der Waals surface area contributed by atoms with Crippen molar-refractivity contribution < 1.29 is 19.4 Å². The van der Waals surface area contributed by atoms with Gasteiger partial charge in [0.15, 0.2) is 6.10 Å². The van der Waals surface area contributed by atoms with E-state index in [2.05, 4.69) is 10.3 Å². The Labute approximate surface area is 135 Å². The van der Waals surface area contributed by atoms with Crippen LogP contribution in [0.15, 0.2) is 48.5 Å². The van der Waals surface area contributed by atoms with Gasteiger partial charge in [-0.3, -0.25) is 4.79 Å². The van der Waals surface area contributed by atoms with Crippen LogP contribution in [0.25, 0.3) is 10.2 Å². The van der Waals surface area contributed by atoms with Crippen molar-refractivity contribution in [2.45, 2.75) is 12.2 Å². The van der Waals surface area contributed by atoms with Gasteiger partial charge in [0.05, 0.1) is 10.2 Å². The van der Waals surface area contributed by atoms with Crippen LogP contribution in [0.5, 0.6) is 0 Å². The summed E-state index contributed by atoms with van der Waals surface area (Å²) in [6.07, 6.45) is -3.17. The number of carbonyl (C=O) groups is 1. The van der Waals surface area contributed by atoms with Gasteiger partial charge in [-0.1, -0.05) is 18.2 Å². The second kappa shape index (κ2) is 6.41. The minimum absolute atomic E-state index is 0.200. The van der Waals surface area contributed by atoms with Gasteiger partial charge in [-0.05, 0) is 30.3 Å². The van der Waals surface area contributed by atoms with Crippen LogP contribution in [0.4, 0.5) is 10.1 Å². The Morgan fingerprint density at radius 1 is 1.17 bits per heavy atom. The van der Waals surface area contributed by atoms with E-state index in [0.717, 1.165) is 10.8 Å². The molecule has 118 valence electrons. The molecule has 0 aliphatic rings. The van der Waals surface area contributed by atoms with E-state index in [0.29, 0.717) is 5.52 Å². The molecule has 7 heteroatoms. The fraction of sp³-hybridized carbons (Fsp3) is 0.125. The number of rotatable bonds is 4. The molecule has 2 unspecified atom stereocenters. The van der Waals surface area contributed by atoms with Crippen LogP contribution in [0.2, 0.25) is 0 Å². The van der Waals surface area contributed by atoms with Gasteiger partial charge in [0.25, 0.3) is 5.91 Å². The number of anilines is 1.